The maximum Gasteiger partial charge on any atom is 0.0494 e. The maximum absolute atomic E-state index is 6.01. The molecule has 0 saturated heterocycles. The Bertz CT molecular complexity index is 332. The lowest BCUT2D eigenvalue weighted by atomic mass is 10.1. The fourth-order valence-electron chi connectivity index (χ4n) is 2.20. The largest absolute Gasteiger partial charge is 0.371 e. The van der Waals surface area contributed by atoms with Crippen LogP contribution in [0.15, 0.2) is 18.2 Å². The van der Waals surface area contributed by atoms with E-state index in [1.807, 2.05) is 0 Å². The number of nitrogens with zero attached hydrogens (tertiary/aromatic N) is 1. The first-order chi connectivity index (χ1) is 7.63. The lowest BCUT2D eigenvalue weighted by Gasteiger charge is -2.30. The Labute approximate surface area is 104 Å². The van der Waals surface area contributed by atoms with Gasteiger partial charge in [-0.1, -0.05) is 31.5 Å². The number of hydrogen-bond donors (Lipinski definition) is 0. The first kappa shape index (κ1) is 13.4. The van der Waals surface area contributed by atoms with Gasteiger partial charge in [0.05, 0.1) is 0 Å². The van der Waals surface area contributed by atoms with Crippen molar-refractivity contribution in [1.29, 1.82) is 0 Å². The Kier molecular flexibility index (Phi) is 5.14. The summed E-state index contributed by atoms with van der Waals surface area (Å²) in [4.78, 5) is 2.36. The normalized spacial score (nSPS) is 10.9. The van der Waals surface area contributed by atoms with Crippen LogP contribution in [-0.2, 0) is 5.88 Å². The highest BCUT2D eigenvalue weighted by Gasteiger charge is 2.13. The van der Waals surface area contributed by atoms with E-state index in [-0.39, 0.29) is 0 Å². The van der Waals surface area contributed by atoms with Crippen molar-refractivity contribution in [3.05, 3.63) is 29.3 Å². The highest BCUT2D eigenvalue weighted by Crippen LogP contribution is 2.25. The van der Waals surface area contributed by atoms with Gasteiger partial charge in [-0.15, -0.1) is 11.6 Å². The summed E-state index contributed by atoms with van der Waals surface area (Å²) in [6.45, 7) is 6.58. The average Bonchev–Trinajstić information content (AvgIpc) is 2.30. The van der Waals surface area contributed by atoms with Crippen molar-refractivity contribution in [1.82, 2.24) is 0 Å². The average molecular weight is 240 g/mol. The topological polar surface area (TPSA) is 3.24 Å². The van der Waals surface area contributed by atoms with Crippen LogP contribution < -0.4 is 4.90 Å². The molecule has 0 heterocycles. The SMILES string of the molecule is CCC(CC)N(C)c1ccc(C)cc1CCl. The van der Waals surface area contributed by atoms with Crippen LogP contribution >= 0.6 is 11.6 Å². The van der Waals surface area contributed by atoms with E-state index in [1.54, 1.807) is 0 Å². The zero-order valence-corrected chi connectivity index (χ0v) is 11.5. The fourth-order valence-corrected chi connectivity index (χ4v) is 2.41. The van der Waals surface area contributed by atoms with Gasteiger partial charge in [0, 0.05) is 24.7 Å². The van der Waals surface area contributed by atoms with Gasteiger partial charge in [-0.2, -0.15) is 0 Å². The van der Waals surface area contributed by atoms with Crippen LogP contribution in [0.4, 0.5) is 5.69 Å². The summed E-state index contributed by atoms with van der Waals surface area (Å²) < 4.78 is 0. The van der Waals surface area contributed by atoms with Crippen LogP contribution in [0.5, 0.6) is 0 Å². The standard InChI is InChI=1S/C14H22ClN/c1-5-13(6-2)16(4)14-8-7-11(3)9-12(14)10-15/h7-9,13H,5-6,10H2,1-4H3. The van der Waals surface area contributed by atoms with Crippen LogP contribution in [-0.4, -0.2) is 13.1 Å². The fraction of sp³-hybridized carbons (Fsp3) is 0.571. The minimum Gasteiger partial charge on any atom is -0.371 e. The van der Waals surface area contributed by atoms with Crippen molar-refractivity contribution in [2.24, 2.45) is 0 Å². The Balaban J connectivity index is 3.02. The summed E-state index contributed by atoms with van der Waals surface area (Å²) in [5.74, 6) is 0.585. The quantitative estimate of drug-likeness (QED) is 0.691. The van der Waals surface area contributed by atoms with E-state index in [1.165, 1.54) is 29.7 Å². The van der Waals surface area contributed by atoms with E-state index >= 15 is 0 Å². The minimum absolute atomic E-state index is 0.585. The summed E-state index contributed by atoms with van der Waals surface area (Å²) in [7, 11) is 2.17. The molecule has 0 fully saturated rings. The van der Waals surface area contributed by atoms with Gasteiger partial charge < -0.3 is 4.90 Å². The number of rotatable bonds is 5. The molecule has 0 radical (unpaired) electrons. The van der Waals surface area contributed by atoms with Crippen molar-refractivity contribution in [2.75, 3.05) is 11.9 Å². The molecule has 1 aromatic rings. The molecule has 2 heteroatoms. The zero-order valence-electron chi connectivity index (χ0n) is 10.8. The van der Waals surface area contributed by atoms with Gasteiger partial charge in [-0.05, 0) is 31.4 Å². The molecule has 0 unspecified atom stereocenters. The van der Waals surface area contributed by atoms with Crippen molar-refractivity contribution < 1.29 is 0 Å². The molecule has 1 rings (SSSR count). The molecule has 1 aromatic carbocycles. The number of hydrogen-bond acceptors (Lipinski definition) is 1. The van der Waals surface area contributed by atoms with Gasteiger partial charge in [0.15, 0.2) is 0 Å². The van der Waals surface area contributed by atoms with Gasteiger partial charge in [-0.25, -0.2) is 0 Å². The summed E-state index contributed by atoms with van der Waals surface area (Å²) >= 11 is 6.01. The number of benzene rings is 1. The van der Waals surface area contributed by atoms with Crippen molar-refractivity contribution in [3.8, 4) is 0 Å². The molecule has 1 nitrogen and oxygen atoms in total. The van der Waals surface area contributed by atoms with Crippen LogP contribution in [0.3, 0.4) is 0 Å². The summed E-state index contributed by atoms with van der Waals surface area (Å²) in [6.07, 6.45) is 2.34. The molecule has 0 amide bonds. The second-order valence-corrected chi connectivity index (χ2v) is 4.61. The first-order valence-electron chi connectivity index (χ1n) is 6.02. The Morgan fingerprint density at radius 2 is 1.88 bits per heavy atom. The second kappa shape index (κ2) is 6.15. The summed E-state index contributed by atoms with van der Waals surface area (Å²) in [5, 5.41) is 0. The van der Waals surface area contributed by atoms with Gasteiger partial charge >= 0.3 is 0 Å². The van der Waals surface area contributed by atoms with Gasteiger partial charge in [-0.3, -0.25) is 0 Å². The van der Waals surface area contributed by atoms with Crippen molar-refractivity contribution >= 4 is 17.3 Å². The predicted molar refractivity (Wildman–Crippen MR) is 73.5 cm³/mol. The molecule has 0 saturated carbocycles. The Hall–Kier alpha value is -0.690. The maximum atomic E-state index is 6.01. The molecule has 0 N–H and O–H groups in total. The van der Waals surface area contributed by atoms with E-state index in [4.69, 9.17) is 11.6 Å². The Morgan fingerprint density at radius 3 is 2.38 bits per heavy atom. The zero-order chi connectivity index (χ0) is 12.1. The third-order valence-electron chi connectivity index (χ3n) is 3.25. The lowest BCUT2D eigenvalue weighted by molar-refractivity contribution is 0.590. The molecule has 0 atom stereocenters. The molecule has 0 spiro atoms. The van der Waals surface area contributed by atoms with E-state index in [2.05, 4.69) is 50.9 Å². The molecule has 90 valence electrons. The molecule has 0 aliphatic heterocycles. The van der Waals surface area contributed by atoms with Gasteiger partial charge in [0.25, 0.3) is 0 Å². The number of halogens is 1. The molecule has 0 aromatic heterocycles. The lowest BCUT2D eigenvalue weighted by Crippen LogP contribution is -2.31. The van der Waals surface area contributed by atoms with E-state index in [9.17, 15) is 0 Å². The van der Waals surface area contributed by atoms with Gasteiger partial charge in [0.1, 0.15) is 0 Å². The van der Waals surface area contributed by atoms with Crippen molar-refractivity contribution in [2.45, 2.75) is 45.5 Å². The predicted octanol–water partition coefficient (Wildman–Crippen LogP) is 4.36. The number of anilines is 1. The monoisotopic (exact) mass is 239 g/mol. The van der Waals surface area contributed by atoms with E-state index in [0.29, 0.717) is 11.9 Å². The minimum atomic E-state index is 0.585. The highest BCUT2D eigenvalue weighted by atomic mass is 35.5. The summed E-state index contributed by atoms with van der Waals surface area (Å²) in [6, 6.07) is 7.13. The van der Waals surface area contributed by atoms with E-state index in [0.717, 1.165) is 0 Å². The molecule has 0 aliphatic rings. The molecule has 0 bridgehead atoms. The number of alkyl halides is 1. The highest BCUT2D eigenvalue weighted by molar-refractivity contribution is 6.17. The third-order valence-corrected chi connectivity index (χ3v) is 3.54. The van der Waals surface area contributed by atoms with E-state index < -0.39 is 0 Å². The first-order valence-corrected chi connectivity index (χ1v) is 6.55. The third kappa shape index (κ3) is 2.91. The van der Waals surface area contributed by atoms with Crippen LogP contribution in [0.2, 0.25) is 0 Å². The second-order valence-electron chi connectivity index (χ2n) is 4.35. The number of aryl methyl sites for hydroxylation is 1. The van der Waals surface area contributed by atoms with Crippen LogP contribution in [0.25, 0.3) is 0 Å². The molecular formula is C14H22ClN. The van der Waals surface area contributed by atoms with Crippen LogP contribution in [0.1, 0.15) is 37.8 Å². The van der Waals surface area contributed by atoms with Crippen molar-refractivity contribution in [3.63, 3.8) is 0 Å². The molecule has 16 heavy (non-hydrogen) atoms. The smallest absolute Gasteiger partial charge is 0.0494 e. The Morgan fingerprint density at radius 1 is 1.25 bits per heavy atom. The van der Waals surface area contributed by atoms with Gasteiger partial charge in [0.2, 0.25) is 0 Å². The molecule has 0 aliphatic carbocycles. The van der Waals surface area contributed by atoms with Crippen LogP contribution in [0, 0.1) is 6.92 Å². The molecular weight excluding hydrogens is 218 g/mol. The summed E-state index contributed by atoms with van der Waals surface area (Å²) in [5.41, 5.74) is 3.78.